The average Bonchev–Trinajstić information content (AvgIpc) is 2.68. The zero-order valence-electron chi connectivity index (χ0n) is 16.0. The molecule has 1 N–H and O–H groups in total. The van der Waals surface area contributed by atoms with Crippen LogP contribution in [0, 0.1) is 0 Å². The maximum absolute atomic E-state index is 12.2. The van der Waals surface area contributed by atoms with E-state index in [4.69, 9.17) is 25.8 Å². The third-order valence-corrected chi connectivity index (χ3v) is 3.97. The number of hydrogen-bond donors (Lipinski definition) is 1. The molecule has 0 unspecified atom stereocenters. The van der Waals surface area contributed by atoms with Crippen LogP contribution in [0.2, 0.25) is 5.02 Å². The molecule has 0 fully saturated rings. The first-order chi connectivity index (χ1) is 13.5. The standard InChI is InChI=1S/C21H24ClNO5/c1-3-26-18-9-8-16(13-19(18)27-4-2)21(25)28-14-20(24)23-11-10-15-6-5-7-17(22)12-15/h5-9,12-13H,3-4,10-11,14H2,1-2H3,(H,23,24). The van der Waals surface area contributed by atoms with Crippen molar-refractivity contribution in [3.8, 4) is 11.5 Å². The highest BCUT2D eigenvalue weighted by Gasteiger charge is 2.14. The minimum absolute atomic E-state index is 0.290. The molecule has 0 aliphatic carbocycles. The van der Waals surface area contributed by atoms with Crippen molar-refractivity contribution in [3.05, 3.63) is 58.6 Å². The van der Waals surface area contributed by atoms with Crippen molar-refractivity contribution in [2.45, 2.75) is 20.3 Å². The first kappa shape index (κ1) is 21.6. The van der Waals surface area contributed by atoms with Gasteiger partial charge in [0.1, 0.15) is 0 Å². The van der Waals surface area contributed by atoms with Gasteiger partial charge in [-0.2, -0.15) is 0 Å². The number of nitrogens with one attached hydrogen (secondary N) is 1. The Morgan fingerprint density at radius 1 is 1.00 bits per heavy atom. The van der Waals surface area contributed by atoms with E-state index in [1.807, 2.05) is 32.0 Å². The quantitative estimate of drug-likeness (QED) is 0.611. The molecule has 0 heterocycles. The molecule has 28 heavy (non-hydrogen) atoms. The van der Waals surface area contributed by atoms with Crippen molar-refractivity contribution in [3.63, 3.8) is 0 Å². The molecule has 0 atom stereocenters. The molecule has 7 heteroatoms. The second kappa shape index (κ2) is 11.2. The summed E-state index contributed by atoms with van der Waals surface area (Å²) in [6, 6.07) is 12.2. The number of amides is 1. The van der Waals surface area contributed by atoms with Crippen molar-refractivity contribution < 1.29 is 23.8 Å². The molecule has 6 nitrogen and oxygen atoms in total. The molecule has 0 aliphatic heterocycles. The molecular formula is C21H24ClNO5. The number of esters is 1. The van der Waals surface area contributed by atoms with Crippen LogP contribution in [0.4, 0.5) is 0 Å². The highest BCUT2D eigenvalue weighted by atomic mass is 35.5. The van der Waals surface area contributed by atoms with Crippen LogP contribution in [0.15, 0.2) is 42.5 Å². The lowest BCUT2D eigenvalue weighted by Crippen LogP contribution is -2.30. The molecule has 0 bridgehead atoms. The van der Waals surface area contributed by atoms with Gasteiger partial charge in [-0.15, -0.1) is 0 Å². The lowest BCUT2D eigenvalue weighted by atomic mass is 10.1. The molecule has 2 rings (SSSR count). The van der Waals surface area contributed by atoms with Crippen LogP contribution >= 0.6 is 11.6 Å². The summed E-state index contributed by atoms with van der Waals surface area (Å²) < 4.78 is 16.0. The Bertz CT molecular complexity index is 809. The monoisotopic (exact) mass is 405 g/mol. The fourth-order valence-corrected chi connectivity index (χ4v) is 2.70. The molecule has 1 amide bonds. The SMILES string of the molecule is CCOc1ccc(C(=O)OCC(=O)NCCc2cccc(Cl)c2)cc1OCC. The molecule has 0 aromatic heterocycles. The van der Waals surface area contributed by atoms with Gasteiger partial charge in [-0.1, -0.05) is 23.7 Å². The Balaban J connectivity index is 1.82. The summed E-state index contributed by atoms with van der Waals surface area (Å²) in [6.07, 6.45) is 0.636. The van der Waals surface area contributed by atoms with Gasteiger partial charge in [0.05, 0.1) is 18.8 Å². The summed E-state index contributed by atoms with van der Waals surface area (Å²) in [5, 5.41) is 3.36. The average molecular weight is 406 g/mol. The zero-order chi connectivity index (χ0) is 20.4. The Labute approximate surface area is 169 Å². The first-order valence-electron chi connectivity index (χ1n) is 9.11. The minimum atomic E-state index is -0.603. The number of halogens is 1. The third kappa shape index (κ3) is 6.78. The van der Waals surface area contributed by atoms with E-state index < -0.39 is 5.97 Å². The fraction of sp³-hybridized carbons (Fsp3) is 0.333. The summed E-state index contributed by atoms with van der Waals surface area (Å²) in [4.78, 5) is 24.1. The van der Waals surface area contributed by atoms with Crippen LogP contribution < -0.4 is 14.8 Å². The summed E-state index contributed by atoms with van der Waals surface area (Å²) in [7, 11) is 0. The van der Waals surface area contributed by atoms with Gasteiger partial charge in [0.2, 0.25) is 0 Å². The Kier molecular flexibility index (Phi) is 8.62. The van der Waals surface area contributed by atoms with Gasteiger partial charge < -0.3 is 19.5 Å². The lowest BCUT2D eigenvalue weighted by molar-refractivity contribution is -0.124. The highest BCUT2D eigenvalue weighted by Crippen LogP contribution is 2.28. The third-order valence-electron chi connectivity index (χ3n) is 3.74. The summed E-state index contributed by atoms with van der Waals surface area (Å²) in [5.41, 5.74) is 1.31. The smallest absolute Gasteiger partial charge is 0.338 e. The molecular weight excluding hydrogens is 382 g/mol. The van der Waals surface area contributed by atoms with Crippen molar-refractivity contribution >= 4 is 23.5 Å². The van der Waals surface area contributed by atoms with E-state index in [2.05, 4.69) is 5.32 Å². The second-order valence-electron chi connectivity index (χ2n) is 5.83. The topological polar surface area (TPSA) is 73.9 Å². The van der Waals surface area contributed by atoms with Crippen LogP contribution in [0.3, 0.4) is 0 Å². The normalized spacial score (nSPS) is 10.2. The van der Waals surface area contributed by atoms with Gasteiger partial charge >= 0.3 is 5.97 Å². The Morgan fingerprint density at radius 2 is 1.75 bits per heavy atom. The van der Waals surface area contributed by atoms with Gasteiger partial charge in [-0.05, 0) is 56.2 Å². The molecule has 150 valence electrons. The van der Waals surface area contributed by atoms with Crippen LogP contribution in [-0.2, 0) is 16.0 Å². The summed E-state index contributed by atoms with van der Waals surface area (Å²) >= 11 is 5.93. The molecule has 2 aromatic rings. The van der Waals surface area contributed by atoms with Gasteiger partial charge in [0.25, 0.3) is 5.91 Å². The number of rotatable bonds is 10. The maximum atomic E-state index is 12.2. The van der Waals surface area contributed by atoms with E-state index in [1.165, 1.54) is 0 Å². The van der Waals surface area contributed by atoms with Crippen molar-refractivity contribution in [2.24, 2.45) is 0 Å². The minimum Gasteiger partial charge on any atom is -0.490 e. The van der Waals surface area contributed by atoms with Crippen LogP contribution in [-0.4, -0.2) is 38.2 Å². The zero-order valence-corrected chi connectivity index (χ0v) is 16.8. The van der Waals surface area contributed by atoms with Crippen molar-refractivity contribution in [1.29, 1.82) is 0 Å². The molecule has 2 aromatic carbocycles. The van der Waals surface area contributed by atoms with Gasteiger partial charge in [0.15, 0.2) is 18.1 Å². The Morgan fingerprint density at radius 3 is 2.46 bits per heavy atom. The molecule has 0 spiro atoms. The predicted octanol–water partition coefficient (Wildman–Crippen LogP) is 3.65. The van der Waals surface area contributed by atoms with E-state index in [1.54, 1.807) is 24.3 Å². The number of hydrogen-bond acceptors (Lipinski definition) is 5. The van der Waals surface area contributed by atoms with E-state index in [9.17, 15) is 9.59 Å². The van der Waals surface area contributed by atoms with Crippen molar-refractivity contribution in [1.82, 2.24) is 5.32 Å². The van der Waals surface area contributed by atoms with Crippen molar-refractivity contribution in [2.75, 3.05) is 26.4 Å². The van der Waals surface area contributed by atoms with Crippen LogP contribution in [0.25, 0.3) is 0 Å². The Hall–Kier alpha value is -2.73. The van der Waals surface area contributed by atoms with Crippen LogP contribution in [0.1, 0.15) is 29.8 Å². The predicted molar refractivity (Wildman–Crippen MR) is 107 cm³/mol. The van der Waals surface area contributed by atoms with E-state index in [0.29, 0.717) is 48.3 Å². The second-order valence-corrected chi connectivity index (χ2v) is 6.27. The largest absolute Gasteiger partial charge is 0.490 e. The molecule has 0 saturated heterocycles. The molecule has 0 radical (unpaired) electrons. The van der Waals surface area contributed by atoms with E-state index in [0.717, 1.165) is 5.56 Å². The highest BCUT2D eigenvalue weighted by molar-refractivity contribution is 6.30. The fourth-order valence-electron chi connectivity index (χ4n) is 2.48. The van der Waals surface area contributed by atoms with Gasteiger partial charge in [0, 0.05) is 11.6 Å². The first-order valence-corrected chi connectivity index (χ1v) is 9.49. The number of carbonyl (C=O) groups excluding carboxylic acids is 2. The maximum Gasteiger partial charge on any atom is 0.338 e. The number of carbonyl (C=O) groups is 2. The van der Waals surface area contributed by atoms with Crippen LogP contribution in [0.5, 0.6) is 11.5 Å². The molecule has 0 saturated carbocycles. The lowest BCUT2D eigenvalue weighted by Gasteiger charge is -2.12. The number of benzene rings is 2. The summed E-state index contributed by atoms with van der Waals surface area (Å²) in [6.45, 7) is 4.70. The molecule has 0 aliphatic rings. The van der Waals surface area contributed by atoms with Gasteiger partial charge in [-0.3, -0.25) is 4.79 Å². The van der Waals surface area contributed by atoms with Gasteiger partial charge in [-0.25, -0.2) is 4.79 Å². The van der Waals surface area contributed by atoms with E-state index in [-0.39, 0.29) is 12.5 Å². The van der Waals surface area contributed by atoms with E-state index >= 15 is 0 Å². The summed E-state index contributed by atoms with van der Waals surface area (Å²) in [5.74, 6) is 0.0461. The number of ether oxygens (including phenoxy) is 3.